The normalized spacial score (nSPS) is 16.6. The van der Waals surface area contributed by atoms with Gasteiger partial charge in [0, 0.05) is 19.3 Å². The fraction of sp³-hybridized carbons (Fsp3) is 0.316. The molecular weight excluding hydrogens is 337 g/mol. The van der Waals surface area contributed by atoms with Crippen LogP contribution in [0.3, 0.4) is 0 Å². The van der Waals surface area contributed by atoms with E-state index in [0.717, 1.165) is 5.56 Å². The highest BCUT2D eigenvalue weighted by Gasteiger charge is 2.32. The van der Waals surface area contributed by atoms with Crippen LogP contribution in [0.1, 0.15) is 29.3 Å². The third-order valence-electron chi connectivity index (χ3n) is 4.20. The van der Waals surface area contributed by atoms with Gasteiger partial charge in [0.2, 0.25) is 5.91 Å². The van der Waals surface area contributed by atoms with Crippen molar-refractivity contribution >= 4 is 17.7 Å². The van der Waals surface area contributed by atoms with Crippen LogP contribution >= 0.6 is 0 Å². The Balaban J connectivity index is 1.68. The lowest BCUT2D eigenvalue weighted by Crippen LogP contribution is -2.33. The Morgan fingerprint density at radius 2 is 2.12 bits per heavy atom. The van der Waals surface area contributed by atoms with Gasteiger partial charge in [-0.05, 0) is 43.2 Å². The maximum atomic E-state index is 13.0. The molecule has 1 aliphatic heterocycles. The predicted molar refractivity (Wildman–Crippen MR) is 94.0 cm³/mol. The third-order valence-corrected chi connectivity index (χ3v) is 4.20. The summed E-state index contributed by atoms with van der Waals surface area (Å²) in [4.78, 5) is 30.5. The smallest absolute Gasteiger partial charge is 0.341 e. The van der Waals surface area contributed by atoms with E-state index in [4.69, 9.17) is 4.74 Å². The molecule has 2 heterocycles. The number of nitrogens with zero attached hydrogens (tertiary/aromatic N) is 2. The number of amides is 1. The van der Waals surface area contributed by atoms with Gasteiger partial charge in [-0.25, -0.2) is 14.2 Å². The topological polar surface area (TPSA) is 71.5 Å². The molecule has 2 aromatic rings. The molecule has 1 fully saturated rings. The summed E-state index contributed by atoms with van der Waals surface area (Å²) in [5.74, 6) is -0.512. The average Bonchev–Trinajstić information content (AvgIpc) is 2.98. The van der Waals surface area contributed by atoms with Crippen LogP contribution in [-0.4, -0.2) is 41.0 Å². The summed E-state index contributed by atoms with van der Waals surface area (Å²) < 4.78 is 18.0. The third kappa shape index (κ3) is 3.99. The van der Waals surface area contributed by atoms with Crippen molar-refractivity contribution < 1.29 is 18.7 Å². The van der Waals surface area contributed by atoms with Gasteiger partial charge in [-0.2, -0.15) is 0 Å². The average molecular weight is 357 g/mol. The fourth-order valence-corrected chi connectivity index (χ4v) is 2.90. The molecule has 1 aromatic carbocycles. The van der Waals surface area contributed by atoms with E-state index in [9.17, 15) is 14.0 Å². The van der Waals surface area contributed by atoms with Crippen molar-refractivity contribution in [3.05, 3.63) is 59.5 Å². The van der Waals surface area contributed by atoms with Gasteiger partial charge in [-0.15, -0.1) is 0 Å². The second-order valence-corrected chi connectivity index (χ2v) is 5.99. The minimum Gasteiger partial charge on any atom is -0.462 e. The van der Waals surface area contributed by atoms with E-state index in [1.54, 1.807) is 42.3 Å². The fourth-order valence-electron chi connectivity index (χ4n) is 2.90. The van der Waals surface area contributed by atoms with Crippen LogP contribution in [0.4, 0.5) is 10.2 Å². The maximum absolute atomic E-state index is 13.0. The number of nitrogens with one attached hydrogen (secondary N) is 1. The minimum atomic E-state index is -0.475. The molecule has 1 N–H and O–H groups in total. The molecule has 1 amide bonds. The second kappa shape index (κ2) is 7.95. The van der Waals surface area contributed by atoms with Crippen LogP contribution in [0.15, 0.2) is 42.6 Å². The van der Waals surface area contributed by atoms with Gasteiger partial charge in [0.1, 0.15) is 23.2 Å². The van der Waals surface area contributed by atoms with Crippen molar-refractivity contribution in [3.8, 4) is 0 Å². The van der Waals surface area contributed by atoms with Gasteiger partial charge in [-0.3, -0.25) is 4.79 Å². The minimum absolute atomic E-state index is 0.0743. The van der Waals surface area contributed by atoms with E-state index in [0.29, 0.717) is 30.9 Å². The van der Waals surface area contributed by atoms with E-state index < -0.39 is 12.0 Å². The van der Waals surface area contributed by atoms with Crippen LogP contribution in [-0.2, 0) is 16.1 Å². The van der Waals surface area contributed by atoms with E-state index >= 15 is 0 Å². The molecule has 1 aliphatic rings. The number of pyridine rings is 1. The van der Waals surface area contributed by atoms with E-state index in [2.05, 4.69) is 10.3 Å². The Morgan fingerprint density at radius 1 is 1.35 bits per heavy atom. The van der Waals surface area contributed by atoms with Crippen molar-refractivity contribution in [1.82, 2.24) is 9.88 Å². The summed E-state index contributed by atoms with van der Waals surface area (Å²) in [6.07, 6.45) is 2.15. The molecule has 3 rings (SSSR count). The number of benzene rings is 1. The second-order valence-electron chi connectivity index (χ2n) is 5.99. The van der Waals surface area contributed by atoms with Gasteiger partial charge in [-0.1, -0.05) is 12.1 Å². The molecule has 0 aliphatic carbocycles. The Kier molecular flexibility index (Phi) is 5.46. The number of hydrogen-bond donors (Lipinski definition) is 1. The number of carbonyl (C=O) groups is 2. The first-order valence-corrected chi connectivity index (χ1v) is 8.50. The quantitative estimate of drug-likeness (QED) is 0.805. The Hall–Kier alpha value is -2.96. The largest absolute Gasteiger partial charge is 0.462 e. The van der Waals surface area contributed by atoms with Crippen molar-refractivity contribution in [2.75, 3.05) is 18.5 Å². The predicted octanol–water partition coefficient (Wildman–Crippen LogP) is 2.61. The lowest BCUT2D eigenvalue weighted by Gasteiger charge is -2.18. The highest BCUT2D eigenvalue weighted by atomic mass is 19.1. The molecule has 1 atom stereocenters. The molecule has 0 saturated carbocycles. The van der Waals surface area contributed by atoms with Gasteiger partial charge in [0.25, 0.3) is 0 Å². The molecular formula is C19H20FN3O3. The first kappa shape index (κ1) is 17.8. The number of halogens is 1. The zero-order chi connectivity index (χ0) is 18.5. The number of likely N-dealkylation sites (tertiary alicyclic amines) is 1. The van der Waals surface area contributed by atoms with E-state index in [1.807, 2.05) is 0 Å². The number of rotatable bonds is 6. The monoisotopic (exact) mass is 357 g/mol. The van der Waals surface area contributed by atoms with Crippen LogP contribution in [0.25, 0.3) is 0 Å². The van der Waals surface area contributed by atoms with Crippen LogP contribution in [0, 0.1) is 5.82 Å². The summed E-state index contributed by atoms with van der Waals surface area (Å²) in [6.45, 7) is 3.00. The molecule has 6 nitrogen and oxygen atoms in total. The Bertz CT molecular complexity index is 795. The van der Waals surface area contributed by atoms with E-state index in [-0.39, 0.29) is 18.3 Å². The molecule has 1 unspecified atom stereocenters. The van der Waals surface area contributed by atoms with Gasteiger partial charge >= 0.3 is 5.97 Å². The summed E-state index contributed by atoms with van der Waals surface area (Å²) in [7, 11) is 0. The lowest BCUT2D eigenvalue weighted by molar-refractivity contribution is -0.128. The lowest BCUT2D eigenvalue weighted by atomic mass is 10.2. The summed E-state index contributed by atoms with van der Waals surface area (Å²) in [5, 5.41) is 3.06. The highest BCUT2D eigenvalue weighted by Crippen LogP contribution is 2.21. The maximum Gasteiger partial charge on any atom is 0.341 e. The molecule has 0 radical (unpaired) electrons. The number of ether oxygens (including phenoxy) is 1. The van der Waals surface area contributed by atoms with Crippen LogP contribution < -0.4 is 5.32 Å². The number of esters is 1. The Morgan fingerprint density at radius 3 is 2.85 bits per heavy atom. The molecule has 0 bridgehead atoms. The molecule has 0 spiro atoms. The standard InChI is InChI=1S/C19H20FN3O3/c1-2-26-19(25)15-4-3-10-21-17(15)22-16-9-11-23(18(16)24)12-13-5-7-14(20)8-6-13/h3-8,10,16H,2,9,11-12H2,1H3,(H,21,22). The van der Waals surface area contributed by atoms with Crippen molar-refractivity contribution in [3.63, 3.8) is 0 Å². The number of carbonyl (C=O) groups excluding carboxylic acids is 2. The molecule has 1 aromatic heterocycles. The number of aromatic nitrogens is 1. The zero-order valence-electron chi connectivity index (χ0n) is 14.4. The van der Waals surface area contributed by atoms with Gasteiger partial charge < -0.3 is 15.0 Å². The van der Waals surface area contributed by atoms with Crippen LogP contribution in [0.5, 0.6) is 0 Å². The molecule has 1 saturated heterocycles. The van der Waals surface area contributed by atoms with Crippen molar-refractivity contribution in [2.24, 2.45) is 0 Å². The van der Waals surface area contributed by atoms with Gasteiger partial charge in [0.15, 0.2) is 0 Å². The summed E-state index contributed by atoms with van der Waals surface area (Å²) >= 11 is 0. The number of anilines is 1. The van der Waals surface area contributed by atoms with Crippen LogP contribution in [0.2, 0.25) is 0 Å². The summed E-state index contributed by atoms with van der Waals surface area (Å²) in [5.41, 5.74) is 1.17. The Labute approximate surface area is 151 Å². The first-order valence-electron chi connectivity index (χ1n) is 8.50. The first-order chi connectivity index (χ1) is 12.6. The van der Waals surface area contributed by atoms with Gasteiger partial charge in [0.05, 0.1) is 6.61 Å². The highest BCUT2D eigenvalue weighted by molar-refractivity contribution is 5.96. The van der Waals surface area contributed by atoms with Crippen molar-refractivity contribution in [2.45, 2.75) is 25.9 Å². The molecule has 136 valence electrons. The molecule has 26 heavy (non-hydrogen) atoms. The van der Waals surface area contributed by atoms with Crippen molar-refractivity contribution in [1.29, 1.82) is 0 Å². The number of hydrogen-bond acceptors (Lipinski definition) is 5. The summed E-state index contributed by atoms with van der Waals surface area (Å²) in [6, 6.07) is 8.90. The molecule has 7 heteroatoms. The SMILES string of the molecule is CCOC(=O)c1cccnc1NC1CCN(Cc2ccc(F)cc2)C1=O. The van der Waals surface area contributed by atoms with E-state index in [1.165, 1.54) is 12.1 Å². The zero-order valence-corrected chi connectivity index (χ0v) is 14.4.